The summed E-state index contributed by atoms with van der Waals surface area (Å²) in [5, 5.41) is 11.7. The largest absolute Gasteiger partial charge is 0.487 e. The van der Waals surface area contributed by atoms with Gasteiger partial charge in [0, 0.05) is 9.13 Å². The molecule has 0 radical (unpaired) electrons. The number of anilines is 1. The molecular weight excluding hydrogens is 700 g/mol. The van der Waals surface area contributed by atoms with Crippen molar-refractivity contribution in [2.24, 2.45) is 5.10 Å². The maximum atomic E-state index is 12.9. The third-order valence-corrected chi connectivity index (χ3v) is 6.76. The third kappa shape index (κ3) is 5.74. The van der Waals surface area contributed by atoms with Crippen molar-refractivity contribution in [1.29, 1.82) is 0 Å². The number of hydrazone groups is 1. The Balaban J connectivity index is 1.34. The molecule has 0 atom stereocenters. The fourth-order valence-corrected chi connectivity index (χ4v) is 5.72. The van der Waals surface area contributed by atoms with E-state index in [1.54, 1.807) is 10.8 Å². The van der Waals surface area contributed by atoms with Crippen LogP contribution in [0.5, 0.6) is 5.75 Å². The first-order valence-electron chi connectivity index (χ1n) is 11.0. The van der Waals surface area contributed by atoms with Crippen molar-refractivity contribution < 1.29 is 14.2 Å². The second-order valence-corrected chi connectivity index (χ2v) is 10.3. The predicted octanol–water partition coefficient (Wildman–Crippen LogP) is 4.61. The molecule has 5 rings (SSSR count). The Morgan fingerprint density at radius 1 is 1.11 bits per heavy atom. The SMILES string of the molecule is Nc1nonc1-c1nc2ccccc2n1CC(=O)NN=Cc1cc(I)cc(I)c1OCc1ccccc1. The van der Waals surface area contributed by atoms with E-state index in [1.165, 1.54) is 0 Å². The minimum Gasteiger partial charge on any atom is -0.487 e. The zero-order chi connectivity index (χ0) is 25.8. The maximum Gasteiger partial charge on any atom is 0.260 e. The second kappa shape index (κ2) is 11.2. The molecule has 2 aromatic heterocycles. The number of ether oxygens (including phenoxy) is 1. The van der Waals surface area contributed by atoms with E-state index < -0.39 is 0 Å². The monoisotopic (exact) mass is 719 g/mol. The summed E-state index contributed by atoms with van der Waals surface area (Å²) in [7, 11) is 0. The molecule has 2 heterocycles. The van der Waals surface area contributed by atoms with Gasteiger partial charge in [-0.2, -0.15) is 5.10 Å². The van der Waals surface area contributed by atoms with Gasteiger partial charge in [-0.25, -0.2) is 15.0 Å². The first-order chi connectivity index (χ1) is 18.0. The lowest BCUT2D eigenvalue weighted by Crippen LogP contribution is -2.23. The molecule has 0 saturated heterocycles. The molecule has 3 N–H and O–H groups in total. The summed E-state index contributed by atoms with van der Waals surface area (Å²) in [5.41, 5.74) is 12.0. The zero-order valence-corrected chi connectivity index (χ0v) is 23.5. The Hall–Kier alpha value is -3.53. The Kier molecular flexibility index (Phi) is 7.64. The Labute approximate surface area is 238 Å². The molecule has 12 heteroatoms. The minimum absolute atomic E-state index is 0.0687. The van der Waals surface area contributed by atoms with Crippen molar-refractivity contribution in [1.82, 2.24) is 25.3 Å². The van der Waals surface area contributed by atoms with E-state index in [9.17, 15) is 4.79 Å². The van der Waals surface area contributed by atoms with Gasteiger partial charge in [-0.1, -0.05) is 42.5 Å². The fourth-order valence-electron chi connectivity index (χ4n) is 3.68. The van der Waals surface area contributed by atoms with Gasteiger partial charge in [-0.3, -0.25) is 4.79 Å². The molecule has 0 unspecified atom stereocenters. The van der Waals surface area contributed by atoms with Gasteiger partial charge in [0.1, 0.15) is 18.9 Å². The summed E-state index contributed by atoms with van der Waals surface area (Å²) in [4.78, 5) is 17.4. The van der Waals surface area contributed by atoms with Gasteiger partial charge in [-0.05, 0) is 85.3 Å². The summed E-state index contributed by atoms with van der Waals surface area (Å²) >= 11 is 4.47. The number of para-hydroxylation sites is 2. The van der Waals surface area contributed by atoms with Gasteiger partial charge in [-0.15, -0.1) is 0 Å². The lowest BCUT2D eigenvalue weighted by molar-refractivity contribution is -0.121. The van der Waals surface area contributed by atoms with Crippen LogP contribution in [0.3, 0.4) is 0 Å². The van der Waals surface area contributed by atoms with Gasteiger partial charge in [0.2, 0.25) is 0 Å². The lowest BCUT2D eigenvalue weighted by atomic mass is 10.2. The lowest BCUT2D eigenvalue weighted by Gasteiger charge is -2.12. The molecule has 3 aromatic carbocycles. The van der Waals surface area contributed by atoms with Crippen LogP contribution in [0.25, 0.3) is 22.6 Å². The number of nitrogens with one attached hydrogen (secondary N) is 1. The first-order valence-corrected chi connectivity index (χ1v) is 13.2. The highest BCUT2D eigenvalue weighted by molar-refractivity contribution is 14.1. The van der Waals surface area contributed by atoms with Gasteiger partial charge >= 0.3 is 0 Å². The molecule has 37 heavy (non-hydrogen) atoms. The Morgan fingerprint density at radius 3 is 2.68 bits per heavy atom. The van der Waals surface area contributed by atoms with Crippen LogP contribution in [0.4, 0.5) is 5.82 Å². The number of nitrogens with zero attached hydrogens (tertiary/aromatic N) is 5. The number of rotatable bonds is 8. The van der Waals surface area contributed by atoms with Gasteiger partial charge < -0.3 is 15.0 Å². The number of fused-ring (bicyclic) bond motifs is 1. The number of carbonyl (C=O) groups is 1. The molecule has 186 valence electrons. The molecule has 1 amide bonds. The van der Waals surface area contributed by atoms with Crippen LogP contribution in [0.15, 0.2) is 76.5 Å². The van der Waals surface area contributed by atoms with Crippen LogP contribution in [-0.4, -0.2) is 32.0 Å². The van der Waals surface area contributed by atoms with Crippen molar-refractivity contribution in [3.63, 3.8) is 0 Å². The van der Waals surface area contributed by atoms with E-state index >= 15 is 0 Å². The van der Waals surface area contributed by atoms with Gasteiger partial charge in [0.05, 0.1) is 20.8 Å². The zero-order valence-electron chi connectivity index (χ0n) is 19.1. The van der Waals surface area contributed by atoms with Crippen molar-refractivity contribution in [2.75, 3.05) is 5.73 Å². The number of halogens is 2. The summed E-state index contributed by atoms with van der Waals surface area (Å²) in [6, 6.07) is 21.3. The molecule has 0 aliphatic rings. The molecule has 5 aromatic rings. The number of nitrogen functional groups attached to an aromatic ring is 1. The van der Waals surface area contributed by atoms with Crippen molar-refractivity contribution in [3.05, 3.63) is 85.0 Å². The molecule has 0 aliphatic heterocycles. The van der Waals surface area contributed by atoms with E-state index in [1.807, 2.05) is 66.7 Å². The van der Waals surface area contributed by atoms with Crippen molar-refractivity contribution >= 4 is 74.2 Å². The van der Waals surface area contributed by atoms with Crippen LogP contribution in [-0.2, 0) is 17.9 Å². The summed E-state index contributed by atoms with van der Waals surface area (Å²) < 4.78 is 14.5. The van der Waals surface area contributed by atoms with Crippen molar-refractivity contribution in [3.8, 4) is 17.3 Å². The van der Waals surface area contributed by atoms with E-state index in [0.29, 0.717) is 23.7 Å². The molecule has 0 bridgehead atoms. The average molecular weight is 719 g/mol. The molecular formula is C25H19I2N7O3. The molecule has 0 spiro atoms. The number of amides is 1. The van der Waals surface area contributed by atoms with Crippen molar-refractivity contribution in [2.45, 2.75) is 13.2 Å². The standard InChI is InChI=1S/C25H19I2N7O3/c26-17-10-16(23(18(27)11-17)36-14-15-6-2-1-3-7-15)12-29-31-21(35)13-34-20-9-5-4-8-19(20)30-25(34)22-24(28)33-37-32-22/h1-12H,13-14H2,(H2,28,33)(H,31,35). The smallest absolute Gasteiger partial charge is 0.260 e. The van der Waals surface area contributed by atoms with E-state index in [0.717, 1.165) is 23.8 Å². The van der Waals surface area contributed by atoms with E-state index in [2.05, 4.69) is 71.0 Å². The Morgan fingerprint density at radius 2 is 1.89 bits per heavy atom. The van der Waals surface area contributed by atoms with E-state index in [-0.39, 0.29) is 24.0 Å². The third-order valence-electron chi connectivity index (χ3n) is 5.34. The number of benzene rings is 3. The molecule has 10 nitrogen and oxygen atoms in total. The highest BCUT2D eigenvalue weighted by Gasteiger charge is 2.20. The van der Waals surface area contributed by atoms with Crippen LogP contribution in [0.1, 0.15) is 11.1 Å². The topological polar surface area (TPSA) is 133 Å². The quantitative estimate of drug-likeness (QED) is 0.136. The predicted molar refractivity (Wildman–Crippen MR) is 156 cm³/mol. The number of nitrogens with two attached hydrogens (primary N) is 1. The average Bonchev–Trinajstić information content (AvgIpc) is 3.47. The Bertz CT molecular complexity index is 1600. The van der Waals surface area contributed by atoms with Crippen LogP contribution in [0, 0.1) is 7.14 Å². The van der Waals surface area contributed by atoms with Gasteiger partial charge in [0.25, 0.3) is 5.91 Å². The molecule has 0 aliphatic carbocycles. The van der Waals surface area contributed by atoms with Crippen LogP contribution >= 0.6 is 45.2 Å². The number of hydrogen-bond donors (Lipinski definition) is 2. The number of imidazole rings is 1. The number of hydrogen-bond acceptors (Lipinski definition) is 8. The molecule has 0 saturated carbocycles. The first kappa shape index (κ1) is 25.1. The van der Waals surface area contributed by atoms with E-state index in [4.69, 9.17) is 15.1 Å². The summed E-state index contributed by atoms with van der Waals surface area (Å²) in [5.74, 6) is 0.802. The second-order valence-electron chi connectivity index (χ2n) is 7.88. The highest BCUT2D eigenvalue weighted by atomic mass is 127. The van der Waals surface area contributed by atoms with Gasteiger partial charge in [0.15, 0.2) is 17.3 Å². The normalized spacial score (nSPS) is 11.3. The summed E-state index contributed by atoms with van der Waals surface area (Å²) in [6.07, 6.45) is 1.58. The highest BCUT2D eigenvalue weighted by Crippen LogP contribution is 2.29. The maximum absolute atomic E-state index is 12.9. The number of carbonyl (C=O) groups excluding carboxylic acids is 1. The molecule has 0 fully saturated rings. The minimum atomic E-state index is -0.359. The van der Waals surface area contributed by atoms with Crippen LogP contribution < -0.4 is 15.9 Å². The fraction of sp³-hybridized carbons (Fsp3) is 0.0800. The number of aromatic nitrogens is 4. The van der Waals surface area contributed by atoms with Crippen LogP contribution in [0.2, 0.25) is 0 Å². The summed E-state index contributed by atoms with van der Waals surface area (Å²) in [6.45, 7) is 0.349.